The average Bonchev–Trinajstić information content (AvgIpc) is 0.810. The summed E-state index contributed by atoms with van der Waals surface area (Å²) in [6, 6.07) is -1.49. The summed E-state index contributed by atoms with van der Waals surface area (Å²) in [5.41, 5.74) is 0. The second kappa shape index (κ2) is 37.6. The fourth-order valence-electron chi connectivity index (χ4n) is 11.5. The van der Waals surface area contributed by atoms with Crippen LogP contribution in [0.1, 0.15) is 92.4 Å². The predicted octanol–water partition coefficient (Wildman–Crippen LogP) is -4.23. The van der Waals surface area contributed by atoms with Gasteiger partial charge in [0.05, 0.1) is 111 Å². The first-order valence-corrected chi connectivity index (χ1v) is 31.5. The molecule has 2 bridgehead atoms. The molecule has 20 N–H and O–H groups in total. The largest absolute Gasteiger partial charge is 0.462 e. The lowest BCUT2D eigenvalue weighted by Crippen LogP contribution is -2.70. The van der Waals surface area contributed by atoms with Gasteiger partial charge in [0.2, 0.25) is 11.7 Å². The number of aliphatic hydroxyl groups excluding tert-OH is 16. The van der Waals surface area contributed by atoms with Crippen molar-refractivity contribution in [2.75, 3.05) is 26.3 Å². The molecule has 0 aliphatic carbocycles. The highest BCUT2D eigenvalue weighted by Gasteiger charge is 2.55. The molecular weight excluding hydrogens is 1220 g/mol. The topological polar surface area (TPSA) is 487 Å². The van der Waals surface area contributed by atoms with Gasteiger partial charge in [-0.15, -0.1) is 0 Å². The molecule has 1 amide bonds. The fourth-order valence-corrected chi connectivity index (χ4v) is 11.5. The molecule has 4 saturated heterocycles. The lowest BCUT2D eigenvalue weighted by molar-refractivity contribution is -0.368. The van der Waals surface area contributed by atoms with E-state index in [1.165, 1.54) is 19.1 Å². The maximum Gasteiger partial charge on any atom is 0.308 e. The third kappa shape index (κ3) is 23.2. The van der Waals surface area contributed by atoms with E-state index in [2.05, 4.69) is 10.6 Å². The van der Waals surface area contributed by atoms with Crippen LogP contribution < -0.4 is 10.6 Å². The molecule has 0 saturated carbocycles. The molecule has 92 heavy (non-hydrogen) atoms. The number of ether oxygens (including phenoxy) is 7. The van der Waals surface area contributed by atoms with E-state index in [0.717, 1.165) is 0 Å². The van der Waals surface area contributed by atoms with Gasteiger partial charge in [0.15, 0.2) is 18.4 Å². The van der Waals surface area contributed by atoms with Gasteiger partial charge in [0.25, 0.3) is 0 Å². The number of amides is 1. The van der Waals surface area contributed by atoms with E-state index in [4.69, 9.17) is 33.2 Å². The minimum absolute atomic E-state index is 0.165. The predicted molar refractivity (Wildman–Crippen MR) is 324 cm³/mol. The summed E-state index contributed by atoms with van der Waals surface area (Å²) < 4.78 is 40.6. The number of rotatable bonds is 12. The number of nitrogens with one attached hydrogen (secondary N) is 2. The van der Waals surface area contributed by atoms with Crippen LogP contribution in [0.3, 0.4) is 0 Å². The maximum atomic E-state index is 14.1. The van der Waals surface area contributed by atoms with Gasteiger partial charge in [-0.1, -0.05) is 106 Å². The van der Waals surface area contributed by atoms with Gasteiger partial charge < -0.3 is 136 Å². The minimum atomic E-state index is -2.68. The van der Waals surface area contributed by atoms with Crippen molar-refractivity contribution >= 4 is 11.9 Å². The number of hydrogen-bond acceptors (Lipinski definition) is 28. The van der Waals surface area contributed by atoms with Crippen LogP contribution in [0.25, 0.3) is 0 Å². The second-order valence-corrected chi connectivity index (χ2v) is 24.8. The molecule has 0 aromatic rings. The van der Waals surface area contributed by atoms with Gasteiger partial charge in [0, 0.05) is 44.1 Å². The summed E-state index contributed by atoms with van der Waals surface area (Å²) >= 11 is 0. The average molecular weight is 1320 g/mol. The third-order valence-corrected chi connectivity index (χ3v) is 17.4. The van der Waals surface area contributed by atoms with Gasteiger partial charge in [0.1, 0.15) is 54.9 Å². The Morgan fingerprint density at radius 3 is 1.87 bits per heavy atom. The number of hydrogen-bond donors (Lipinski definition) is 20. The van der Waals surface area contributed by atoms with Crippen molar-refractivity contribution in [3.05, 3.63) is 85.1 Å². The Kier molecular flexibility index (Phi) is 32.2. The van der Waals surface area contributed by atoms with Crippen LogP contribution in [-0.2, 0) is 42.7 Å². The Hall–Kier alpha value is -3.88. The number of aliphatic hydroxyl groups is 18. The molecule has 5 aliphatic rings. The molecule has 29 atom stereocenters. The first-order valence-electron chi connectivity index (χ1n) is 31.5. The van der Waals surface area contributed by atoms with E-state index in [0.29, 0.717) is 0 Å². The molecule has 4 fully saturated rings. The number of cyclic esters (lactones) is 1. The van der Waals surface area contributed by atoms with E-state index in [1.807, 2.05) is 0 Å². The molecule has 0 aromatic carbocycles. The summed E-state index contributed by atoms with van der Waals surface area (Å²) in [6.45, 7) is 5.66. The molecule has 5 heterocycles. The van der Waals surface area contributed by atoms with Crippen LogP contribution in [0, 0.1) is 17.8 Å². The highest BCUT2D eigenvalue weighted by molar-refractivity contribution is 5.80. The molecule has 526 valence electrons. The molecule has 6 unspecified atom stereocenters. The smallest absolute Gasteiger partial charge is 0.308 e. The Bertz CT molecular complexity index is 2430. The lowest BCUT2D eigenvalue weighted by Gasteiger charge is -2.48. The van der Waals surface area contributed by atoms with Crippen LogP contribution in [-0.4, -0.2) is 288 Å². The summed E-state index contributed by atoms with van der Waals surface area (Å²) in [5.74, 6) is -9.06. The number of allylic oxidation sites excluding steroid dienone is 12. The highest BCUT2D eigenvalue weighted by atomic mass is 16.7. The number of carbonyl (C=O) groups is 2. The van der Waals surface area contributed by atoms with E-state index in [-0.39, 0.29) is 38.1 Å². The normalized spacial score (nSPS) is 46.1. The maximum absolute atomic E-state index is 14.1. The number of esters is 1. The van der Waals surface area contributed by atoms with Crippen molar-refractivity contribution in [3.8, 4) is 0 Å². The minimum Gasteiger partial charge on any atom is -0.462 e. The van der Waals surface area contributed by atoms with Crippen molar-refractivity contribution in [2.24, 2.45) is 17.8 Å². The van der Waals surface area contributed by atoms with E-state index < -0.39 is 234 Å². The second-order valence-electron chi connectivity index (χ2n) is 24.8. The van der Waals surface area contributed by atoms with Crippen LogP contribution in [0.5, 0.6) is 0 Å². The van der Waals surface area contributed by atoms with Gasteiger partial charge in [-0.3, -0.25) is 9.59 Å². The summed E-state index contributed by atoms with van der Waals surface area (Å²) in [6.07, 6.45) is -15.2. The molecule has 0 spiro atoms. The first-order chi connectivity index (χ1) is 43.4. The van der Waals surface area contributed by atoms with Gasteiger partial charge in [-0.05, 0) is 39.5 Å². The fraction of sp³-hybridized carbons (Fsp3) is 0.746. The van der Waals surface area contributed by atoms with Gasteiger partial charge in [-0.2, -0.15) is 0 Å². The van der Waals surface area contributed by atoms with E-state index in [1.54, 1.807) is 101 Å². The molecule has 29 heteroatoms. The monoisotopic (exact) mass is 1320 g/mol. The molecule has 0 aromatic heterocycles. The molecule has 5 rings (SSSR count). The highest BCUT2D eigenvalue weighted by Crippen LogP contribution is 2.39. The Morgan fingerprint density at radius 2 is 1.25 bits per heavy atom. The van der Waals surface area contributed by atoms with Crippen molar-refractivity contribution < 1.29 is 135 Å². The van der Waals surface area contributed by atoms with Gasteiger partial charge >= 0.3 is 5.97 Å². The van der Waals surface area contributed by atoms with Crippen molar-refractivity contribution in [1.82, 2.24) is 10.6 Å². The summed E-state index contributed by atoms with van der Waals surface area (Å²) in [5, 5.41) is 203. The first kappa shape index (κ1) is 78.8. The molecule has 5 aliphatic heterocycles. The van der Waals surface area contributed by atoms with Crippen LogP contribution >= 0.6 is 0 Å². The summed E-state index contributed by atoms with van der Waals surface area (Å²) in [7, 11) is 0. The Morgan fingerprint density at radius 1 is 0.641 bits per heavy atom. The third-order valence-electron chi connectivity index (χ3n) is 17.4. The number of fused-ring (bicyclic) bond motifs is 2. The molecular formula is C63H102N2O27. The zero-order chi connectivity index (χ0) is 68.2. The van der Waals surface area contributed by atoms with Crippen molar-refractivity contribution in [2.45, 2.75) is 251 Å². The van der Waals surface area contributed by atoms with Crippen LogP contribution in [0.15, 0.2) is 85.1 Å². The summed E-state index contributed by atoms with van der Waals surface area (Å²) in [4.78, 5) is 26.8. The zero-order valence-electron chi connectivity index (χ0n) is 52.6. The van der Waals surface area contributed by atoms with E-state index in [9.17, 15) is 102 Å². The zero-order valence-corrected chi connectivity index (χ0v) is 52.6. The van der Waals surface area contributed by atoms with Crippen LogP contribution in [0.2, 0.25) is 0 Å². The van der Waals surface area contributed by atoms with E-state index >= 15 is 0 Å². The Balaban J connectivity index is 1.42. The van der Waals surface area contributed by atoms with Crippen molar-refractivity contribution in [3.63, 3.8) is 0 Å². The lowest BCUT2D eigenvalue weighted by atomic mass is 9.82. The van der Waals surface area contributed by atoms with Crippen LogP contribution in [0.4, 0.5) is 0 Å². The molecule has 0 radical (unpaired) electrons. The quantitative estimate of drug-likeness (QED) is 0.0823. The SMILES string of the molecule is CCC(O)CNC(=O)C1C2C[C@@H](OC3O[C@H](C)[C@@H](O)[C@H](NC[C@@]4(O)OC[C@@H](O)[C@@H](OC5O[C@H](CO)[C@@H](O)[C@H](O)[C@H]5O)[C@@H]4O)[C@@H]3O)/C=C/C=C/C=C/C=C/C=C/C=C/C=C/[C@H](C)[C@@H](O)C(C)[C@H](C)OC(=O)C[C@H](O)C[C@H](O)CC[C@@H](O)[C@H](O)C[C@H](O)C[C@](O)(C[C@@H]1O)O2. The molecule has 29 nitrogen and oxygen atoms in total. The number of carbonyl (C=O) groups excluding carboxylic acids is 2. The van der Waals surface area contributed by atoms with Crippen molar-refractivity contribution in [1.29, 1.82) is 0 Å². The Labute approximate surface area is 535 Å². The standard InChI is InChI=1S/C63H102N2O27/c1-6-37(67)29-64-59(83)49-44(73)28-62(84)27-40(70)24-43(72)42(71)22-21-38(68)23-39(69)25-48(75)87-35(4)34(3)51(76)33(2)19-17-15-13-11-9-7-8-10-12-14-16-18-20-41(26-46(49)92-62)89-60-54(79)50(52(77)36(5)88-60)65-32-63(85)58(82)57(45(74)31-86-63)91-61-56(81)55(80)53(78)47(30-66)90-61/h7-20,33-47,49-58,60-61,65-74,76-82,84-85H,6,21-32H2,1-5H3,(H,64,83)/b8-7+,11-9+,12-10+,15-13+,16-14+,19-17+,20-18+/t33-,34?,35-,36+,37?,38+,39+,40-,41-,42+,43+,44-,45+,46?,47+,49?,50-,51+,52+,53+,54-,55-,56+,57+,58-,60?,61?,62+,63+/m0/s1. The van der Waals surface area contributed by atoms with Gasteiger partial charge in [-0.25, -0.2) is 0 Å².